The fourth-order valence-corrected chi connectivity index (χ4v) is 6.25. The maximum Gasteiger partial charge on any atom is 0.425 e. The molecule has 0 saturated heterocycles. The number of rotatable bonds is 5. The molecule has 1 atom stereocenters. The van der Waals surface area contributed by atoms with Crippen molar-refractivity contribution in [2.75, 3.05) is 0 Å². The van der Waals surface area contributed by atoms with E-state index in [1.54, 1.807) is 0 Å². The van der Waals surface area contributed by atoms with E-state index in [2.05, 4.69) is 86.6 Å². The SMILES string of the molecule is Cc1ccc([S+](c2ccc(C)cc2)c2ccc(C3CCCCC3)cc2)cc1.FC(F)C(F)C(F)(F)F. The van der Waals surface area contributed by atoms with Gasteiger partial charge in [-0.3, -0.25) is 0 Å². The maximum absolute atomic E-state index is 11.2. The van der Waals surface area contributed by atoms with E-state index in [4.69, 9.17) is 0 Å². The highest BCUT2D eigenvalue weighted by atomic mass is 32.2. The lowest BCUT2D eigenvalue weighted by atomic mass is 9.84. The van der Waals surface area contributed by atoms with Gasteiger partial charge in [0.15, 0.2) is 14.7 Å². The molecule has 0 amide bonds. The van der Waals surface area contributed by atoms with Gasteiger partial charge in [0.05, 0.1) is 10.9 Å². The predicted octanol–water partition coefficient (Wildman–Crippen LogP) is 9.60. The highest BCUT2D eigenvalue weighted by molar-refractivity contribution is 7.97. The lowest BCUT2D eigenvalue weighted by molar-refractivity contribution is -0.211. The summed E-state index contributed by atoms with van der Waals surface area (Å²) >= 11 is 0. The van der Waals surface area contributed by atoms with Gasteiger partial charge in [-0.25, -0.2) is 13.2 Å². The van der Waals surface area contributed by atoms with E-state index in [9.17, 15) is 26.3 Å². The molecule has 4 rings (SSSR count). The Morgan fingerprint density at radius 2 is 1.03 bits per heavy atom. The first-order chi connectivity index (χ1) is 17.1. The molecule has 0 radical (unpaired) electrons. The second-order valence-electron chi connectivity index (χ2n) is 9.11. The van der Waals surface area contributed by atoms with Crippen LogP contribution in [0.4, 0.5) is 26.3 Å². The van der Waals surface area contributed by atoms with Gasteiger partial charge in [-0.15, -0.1) is 0 Å². The Morgan fingerprint density at radius 3 is 1.36 bits per heavy atom. The molecule has 0 aliphatic heterocycles. The zero-order chi connectivity index (χ0) is 26.3. The van der Waals surface area contributed by atoms with Gasteiger partial charge in [-0.05, 0) is 74.6 Å². The summed E-state index contributed by atoms with van der Waals surface area (Å²) in [7, 11) is -0.0444. The molecule has 1 aliphatic rings. The third kappa shape index (κ3) is 7.79. The molecule has 0 bridgehead atoms. The van der Waals surface area contributed by atoms with Gasteiger partial charge in [0.2, 0.25) is 0 Å². The van der Waals surface area contributed by atoms with Gasteiger partial charge in [0, 0.05) is 0 Å². The number of aryl methyl sites for hydroxylation is 2. The first-order valence-electron chi connectivity index (χ1n) is 12.0. The van der Waals surface area contributed by atoms with Crippen LogP contribution in [0.5, 0.6) is 0 Å². The van der Waals surface area contributed by atoms with Gasteiger partial charge in [-0.2, -0.15) is 13.2 Å². The quantitative estimate of drug-likeness (QED) is 0.230. The average Bonchev–Trinajstić information content (AvgIpc) is 2.87. The Kier molecular flexibility index (Phi) is 9.94. The molecule has 1 fully saturated rings. The number of alkyl halides is 6. The summed E-state index contributed by atoms with van der Waals surface area (Å²) in [6, 6.07) is 27.7. The summed E-state index contributed by atoms with van der Waals surface area (Å²) < 4.78 is 65.4. The van der Waals surface area contributed by atoms with Crippen molar-refractivity contribution in [2.24, 2.45) is 0 Å². The molecule has 3 aromatic carbocycles. The van der Waals surface area contributed by atoms with Crippen LogP contribution in [0, 0.1) is 13.8 Å². The van der Waals surface area contributed by atoms with E-state index < -0.39 is 18.8 Å². The summed E-state index contributed by atoms with van der Waals surface area (Å²) in [5.41, 5.74) is 4.17. The molecule has 0 aromatic heterocycles. The molecule has 7 heteroatoms. The van der Waals surface area contributed by atoms with Crippen molar-refractivity contribution in [3.8, 4) is 0 Å². The van der Waals surface area contributed by atoms with Gasteiger partial charge in [0.25, 0.3) is 12.6 Å². The molecule has 1 aliphatic carbocycles. The zero-order valence-electron chi connectivity index (χ0n) is 20.4. The van der Waals surface area contributed by atoms with Crippen molar-refractivity contribution < 1.29 is 26.3 Å². The summed E-state index contributed by atoms with van der Waals surface area (Å²) in [6.45, 7) is 4.32. The van der Waals surface area contributed by atoms with E-state index in [1.807, 2.05) is 0 Å². The Balaban J connectivity index is 0.000000345. The third-order valence-electron chi connectivity index (χ3n) is 6.24. The molecule has 36 heavy (non-hydrogen) atoms. The molecular weight excluding hydrogens is 494 g/mol. The highest BCUT2D eigenvalue weighted by Crippen LogP contribution is 2.36. The predicted molar refractivity (Wildman–Crippen MR) is 134 cm³/mol. The van der Waals surface area contributed by atoms with Crippen LogP contribution in [-0.2, 0) is 10.9 Å². The summed E-state index contributed by atoms with van der Waals surface area (Å²) in [5, 5.41) is 0. The van der Waals surface area contributed by atoms with Gasteiger partial charge in [-0.1, -0.05) is 66.8 Å². The van der Waals surface area contributed by atoms with Gasteiger partial charge < -0.3 is 0 Å². The van der Waals surface area contributed by atoms with E-state index in [-0.39, 0.29) is 10.9 Å². The van der Waals surface area contributed by atoms with Crippen LogP contribution in [0.2, 0.25) is 0 Å². The lowest BCUT2D eigenvalue weighted by Crippen LogP contribution is -2.30. The maximum atomic E-state index is 11.2. The molecule has 194 valence electrons. The van der Waals surface area contributed by atoms with Crippen LogP contribution in [-0.4, -0.2) is 18.8 Å². The first-order valence-corrected chi connectivity index (χ1v) is 13.2. The van der Waals surface area contributed by atoms with Crippen molar-refractivity contribution in [3.05, 3.63) is 89.5 Å². The van der Waals surface area contributed by atoms with Crippen LogP contribution in [0.1, 0.15) is 54.7 Å². The van der Waals surface area contributed by atoms with E-state index >= 15 is 0 Å². The number of hydrogen-bond donors (Lipinski definition) is 0. The molecule has 0 spiro atoms. The Bertz CT molecular complexity index is 1010. The molecule has 1 unspecified atom stereocenters. The van der Waals surface area contributed by atoms with Crippen molar-refractivity contribution >= 4 is 10.9 Å². The zero-order valence-corrected chi connectivity index (χ0v) is 21.2. The normalized spacial score (nSPS) is 15.5. The summed E-state index contributed by atoms with van der Waals surface area (Å²) in [4.78, 5) is 4.21. The highest BCUT2D eigenvalue weighted by Gasteiger charge is 2.46. The van der Waals surface area contributed by atoms with Crippen LogP contribution in [0.3, 0.4) is 0 Å². The fraction of sp³-hybridized carbons (Fsp3) is 0.379. The second kappa shape index (κ2) is 12.7. The monoisotopic (exact) mass is 525 g/mol. The summed E-state index contributed by atoms with van der Waals surface area (Å²) in [6.07, 6.45) is -6.51. The number of hydrogen-bond acceptors (Lipinski definition) is 0. The molecule has 0 N–H and O–H groups in total. The smallest absolute Gasteiger partial charge is 0.231 e. The van der Waals surface area contributed by atoms with Crippen LogP contribution in [0.25, 0.3) is 0 Å². The Hall–Kier alpha value is -2.41. The standard InChI is InChI=1S/C26H29S.C3H2F6/c1-20-8-14-24(15-9-20)27(25-16-10-21(2)11-17-25)26-18-12-23(13-19-26)22-6-4-3-5-7-22;4-1(2(5)6)3(7,8)9/h8-19,22H,3-7H2,1-2H3;1-2H/q+1;. The van der Waals surface area contributed by atoms with Crippen molar-refractivity contribution in [1.29, 1.82) is 0 Å². The molecule has 1 saturated carbocycles. The number of benzene rings is 3. The minimum absolute atomic E-state index is 0.0444. The minimum Gasteiger partial charge on any atom is -0.231 e. The molecular formula is C29H31F6S+. The van der Waals surface area contributed by atoms with Gasteiger partial charge in [0.1, 0.15) is 0 Å². The third-order valence-corrected chi connectivity index (χ3v) is 8.47. The van der Waals surface area contributed by atoms with Crippen LogP contribution >= 0.6 is 0 Å². The van der Waals surface area contributed by atoms with Crippen molar-refractivity contribution in [2.45, 2.75) is 85.3 Å². The Morgan fingerprint density at radius 1 is 0.639 bits per heavy atom. The van der Waals surface area contributed by atoms with Crippen LogP contribution in [0.15, 0.2) is 87.5 Å². The van der Waals surface area contributed by atoms with E-state index in [0.29, 0.717) is 0 Å². The topological polar surface area (TPSA) is 0 Å². The van der Waals surface area contributed by atoms with Crippen molar-refractivity contribution in [3.63, 3.8) is 0 Å². The molecule has 0 heterocycles. The lowest BCUT2D eigenvalue weighted by Gasteiger charge is -2.22. The number of halogens is 6. The van der Waals surface area contributed by atoms with Crippen LogP contribution < -0.4 is 0 Å². The minimum atomic E-state index is -5.44. The van der Waals surface area contributed by atoms with Gasteiger partial charge >= 0.3 is 6.18 Å². The van der Waals surface area contributed by atoms with Crippen molar-refractivity contribution in [1.82, 2.24) is 0 Å². The van der Waals surface area contributed by atoms with E-state index in [0.717, 1.165) is 5.92 Å². The fourth-order valence-electron chi connectivity index (χ4n) is 4.21. The average molecular weight is 526 g/mol. The largest absolute Gasteiger partial charge is 0.425 e. The molecule has 0 nitrogen and oxygen atoms in total. The summed E-state index contributed by atoms with van der Waals surface area (Å²) in [5.74, 6) is 0.772. The van der Waals surface area contributed by atoms with E-state index in [1.165, 1.54) is 63.5 Å². The Labute approximate surface area is 212 Å². The second-order valence-corrected chi connectivity index (χ2v) is 11.1. The molecule has 3 aromatic rings. The first kappa shape index (κ1) is 28.2.